The molecule has 1 fully saturated rings. The Morgan fingerprint density at radius 1 is 0.966 bits per heavy atom. The van der Waals surface area contributed by atoms with Gasteiger partial charge in [-0.2, -0.15) is 0 Å². The largest absolute Gasteiger partial charge is 0.368 e. The zero-order valence-electron chi connectivity index (χ0n) is 17.5. The Labute approximate surface area is 181 Å². The van der Waals surface area contributed by atoms with Crippen molar-refractivity contribution in [1.82, 2.24) is 9.97 Å². The molecule has 2 aromatic heterocycles. The van der Waals surface area contributed by atoms with E-state index in [-0.39, 0.29) is 0 Å². The number of aromatic nitrogens is 2. The van der Waals surface area contributed by atoms with Gasteiger partial charge in [0.15, 0.2) is 5.16 Å². The number of hydrogen-bond donors (Lipinski definition) is 0. The summed E-state index contributed by atoms with van der Waals surface area (Å²) in [4.78, 5) is 17.7. The van der Waals surface area contributed by atoms with E-state index >= 15 is 0 Å². The van der Waals surface area contributed by atoms with Gasteiger partial charge in [0.2, 0.25) is 0 Å². The van der Waals surface area contributed by atoms with Crippen molar-refractivity contribution in [2.75, 3.05) is 42.2 Å². The van der Waals surface area contributed by atoms with Crippen molar-refractivity contribution < 1.29 is 0 Å². The quantitative estimate of drug-likeness (QED) is 0.424. The van der Waals surface area contributed by atoms with E-state index in [0.717, 1.165) is 31.3 Å². The van der Waals surface area contributed by atoms with Gasteiger partial charge < -0.3 is 9.80 Å². The molecule has 1 aromatic carbocycles. The second-order valence-electron chi connectivity index (χ2n) is 8.12. The van der Waals surface area contributed by atoms with Crippen molar-refractivity contribution in [1.29, 1.82) is 0 Å². The maximum absolute atomic E-state index is 5.02. The van der Waals surface area contributed by atoms with Crippen molar-refractivity contribution in [2.45, 2.75) is 44.7 Å². The maximum Gasteiger partial charge on any atom is 0.190 e. The summed E-state index contributed by atoms with van der Waals surface area (Å²) in [5.41, 5.74) is 5.70. The molecule has 3 aromatic rings. The molecule has 1 saturated heterocycles. The number of aryl methyl sites for hydroxylation is 3. The van der Waals surface area contributed by atoms with Crippen LogP contribution in [0, 0.1) is 13.8 Å². The first kappa shape index (κ1) is 19.2. The molecule has 0 bridgehead atoms. The van der Waals surface area contributed by atoms with Crippen molar-refractivity contribution in [2.24, 2.45) is 0 Å². The van der Waals surface area contributed by atoms with Crippen LogP contribution in [0.3, 0.4) is 0 Å². The zero-order chi connectivity index (χ0) is 20.0. The summed E-state index contributed by atoms with van der Waals surface area (Å²) in [7, 11) is 0. The molecule has 0 spiro atoms. The highest BCUT2D eigenvalue weighted by atomic mass is 32.2. The molecule has 0 saturated carbocycles. The van der Waals surface area contributed by atoms with Crippen molar-refractivity contribution in [3.8, 4) is 0 Å². The van der Waals surface area contributed by atoms with Crippen LogP contribution in [0.5, 0.6) is 0 Å². The van der Waals surface area contributed by atoms with Gasteiger partial charge in [-0.3, -0.25) is 0 Å². The molecule has 4 nitrogen and oxygen atoms in total. The van der Waals surface area contributed by atoms with Crippen LogP contribution < -0.4 is 9.80 Å². The Bertz CT molecular complexity index is 1050. The fourth-order valence-corrected chi connectivity index (χ4v) is 6.35. The zero-order valence-corrected chi connectivity index (χ0v) is 19.1. The maximum atomic E-state index is 5.02. The van der Waals surface area contributed by atoms with Crippen LogP contribution in [0.25, 0.3) is 10.2 Å². The Balaban J connectivity index is 1.47. The van der Waals surface area contributed by atoms with Gasteiger partial charge >= 0.3 is 0 Å². The van der Waals surface area contributed by atoms with Gasteiger partial charge in [-0.1, -0.05) is 23.9 Å². The minimum atomic E-state index is 0.906. The average Bonchev–Trinajstić information content (AvgIpc) is 3.13. The molecule has 3 heterocycles. The van der Waals surface area contributed by atoms with Crippen LogP contribution in [-0.2, 0) is 12.8 Å². The molecule has 1 aliphatic carbocycles. The molecule has 0 amide bonds. The summed E-state index contributed by atoms with van der Waals surface area (Å²) in [5, 5.41) is 2.26. The normalized spacial score (nSPS) is 17.1. The molecule has 5 rings (SSSR count). The van der Waals surface area contributed by atoms with Gasteiger partial charge in [0, 0.05) is 36.7 Å². The summed E-state index contributed by atoms with van der Waals surface area (Å²) < 4.78 is 0. The summed E-state index contributed by atoms with van der Waals surface area (Å²) in [5.74, 6) is 1.18. The summed E-state index contributed by atoms with van der Waals surface area (Å²) >= 11 is 3.56. The molecular weight excluding hydrogens is 396 g/mol. The number of benzene rings is 1. The van der Waals surface area contributed by atoms with Crippen molar-refractivity contribution >= 4 is 44.8 Å². The lowest BCUT2D eigenvalue weighted by Gasteiger charge is -2.38. The minimum Gasteiger partial charge on any atom is -0.368 e. The second-order valence-corrected chi connectivity index (χ2v) is 9.98. The molecule has 152 valence electrons. The minimum absolute atomic E-state index is 0.906. The Kier molecular flexibility index (Phi) is 5.16. The molecule has 2 aliphatic rings. The van der Waals surface area contributed by atoms with E-state index in [9.17, 15) is 0 Å². The van der Waals surface area contributed by atoms with E-state index in [1.54, 1.807) is 16.6 Å². The lowest BCUT2D eigenvalue weighted by Crippen LogP contribution is -2.47. The van der Waals surface area contributed by atoms with Gasteiger partial charge in [0.25, 0.3) is 0 Å². The smallest absolute Gasteiger partial charge is 0.190 e. The lowest BCUT2D eigenvalue weighted by atomic mass is 9.97. The monoisotopic (exact) mass is 424 g/mol. The van der Waals surface area contributed by atoms with E-state index in [0.29, 0.717) is 0 Å². The van der Waals surface area contributed by atoms with E-state index < -0.39 is 0 Å². The van der Waals surface area contributed by atoms with Gasteiger partial charge in [0.05, 0.1) is 5.39 Å². The fraction of sp³-hybridized carbons (Fsp3) is 0.478. The highest BCUT2D eigenvalue weighted by Gasteiger charge is 2.26. The van der Waals surface area contributed by atoms with E-state index in [4.69, 9.17) is 9.97 Å². The number of hydrogen-bond acceptors (Lipinski definition) is 6. The molecule has 0 unspecified atom stereocenters. The van der Waals surface area contributed by atoms with Crippen LogP contribution in [0.1, 0.15) is 34.4 Å². The number of fused-ring (bicyclic) bond motifs is 3. The Hall–Kier alpha value is -1.79. The predicted molar refractivity (Wildman–Crippen MR) is 126 cm³/mol. The predicted octanol–water partition coefficient (Wildman–Crippen LogP) is 5.24. The van der Waals surface area contributed by atoms with Gasteiger partial charge in [-0.05, 0) is 68.5 Å². The Morgan fingerprint density at radius 3 is 2.52 bits per heavy atom. The number of thioether (sulfide) groups is 1. The average molecular weight is 425 g/mol. The number of rotatable bonds is 3. The third kappa shape index (κ3) is 3.40. The van der Waals surface area contributed by atoms with Crippen molar-refractivity contribution in [3.63, 3.8) is 0 Å². The molecule has 0 atom stereocenters. The van der Waals surface area contributed by atoms with Crippen LogP contribution in [0.2, 0.25) is 0 Å². The summed E-state index contributed by atoms with van der Waals surface area (Å²) in [6.45, 7) is 8.55. The van der Waals surface area contributed by atoms with Crippen molar-refractivity contribution in [3.05, 3.63) is 39.8 Å². The molecule has 6 heteroatoms. The first-order valence-corrected chi connectivity index (χ1v) is 12.6. The van der Waals surface area contributed by atoms with Crippen LogP contribution in [0.4, 0.5) is 11.5 Å². The molecular formula is C23H28N4S2. The summed E-state index contributed by atoms with van der Waals surface area (Å²) in [6.07, 6.45) is 7.09. The van der Waals surface area contributed by atoms with Crippen LogP contribution in [-0.4, -0.2) is 42.4 Å². The highest BCUT2D eigenvalue weighted by Crippen LogP contribution is 2.41. The van der Waals surface area contributed by atoms with Gasteiger partial charge in [0.1, 0.15) is 10.6 Å². The van der Waals surface area contributed by atoms with E-state index in [2.05, 4.69) is 48.1 Å². The van der Waals surface area contributed by atoms with Gasteiger partial charge in [-0.25, -0.2) is 9.97 Å². The number of thiophene rings is 1. The standard InChI is InChI=1S/C23H28N4S2/c1-15-7-6-9-18(16(15)2)26-11-13-27(14-12-26)21-20-17-8-4-5-10-19(17)29-22(20)25-23(24-21)28-3/h6-7,9H,4-5,8,10-14H2,1-3H3. The molecule has 1 aliphatic heterocycles. The second kappa shape index (κ2) is 7.80. The van der Waals surface area contributed by atoms with E-state index in [1.807, 2.05) is 11.3 Å². The summed E-state index contributed by atoms with van der Waals surface area (Å²) in [6, 6.07) is 6.65. The lowest BCUT2D eigenvalue weighted by molar-refractivity contribution is 0.644. The molecule has 29 heavy (non-hydrogen) atoms. The molecule has 0 N–H and O–H groups in total. The third-order valence-corrected chi connectivity index (χ3v) is 8.19. The number of nitrogens with zero attached hydrogens (tertiary/aromatic N) is 4. The Morgan fingerprint density at radius 2 is 1.72 bits per heavy atom. The van der Waals surface area contributed by atoms with E-state index in [1.165, 1.54) is 64.1 Å². The number of anilines is 2. The fourth-order valence-electron chi connectivity index (χ4n) is 4.68. The molecule has 0 radical (unpaired) electrons. The topological polar surface area (TPSA) is 32.3 Å². The van der Waals surface area contributed by atoms with Gasteiger partial charge in [-0.15, -0.1) is 11.3 Å². The SMILES string of the molecule is CSc1nc(N2CCN(c3cccc(C)c3C)CC2)c2c3c(sc2n1)CCCC3. The first-order valence-electron chi connectivity index (χ1n) is 10.6. The third-order valence-electron chi connectivity index (χ3n) is 6.45. The highest BCUT2D eigenvalue weighted by molar-refractivity contribution is 7.98. The van der Waals surface area contributed by atoms with Crippen LogP contribution in [0.15, 0.2) is 23.4 Å². The number of piperazine rings is 1. The van der Waals surface area contributed by atoms with Crippen LogP contribution >= 0.6 is 23.1 Å². The first-order chi connectivity index (χ1) is 14.2.